The van der Waals surface area contributed by atoms with Crippen molar-refractivity contribution in [2.75, 3.05) is 24.3 Å². The van der Waals surface area contributed by atoms with E-state index >= 15 is 0 Å². The van der Waals surface area contributed by atoms with Crippen molar-refractivity contribution >= 4 is 27.5 Å². The van der Waals surface area contributed by atoms with Gasteiger partial charge in [-0.15, -0.1) is 0 Å². The van der Waals surface area contributed by atoms with Crippen LogP contribution in [0.15, 0.2) is 24.3 Å². The molecule has 1 aromatic carbocycles. The SMILES string of the molecule is CS(=O)(=O)NC(=O)CN1C(=O)COc2ccccc21. The predicted octanol–water partition coefficient (Wildman–Crippen LogP) is -0.512. The first-order chi connectivity index (χ1) is 8.87. The van der Waals surface area contributed by atoms with Crippen LogP contribution in [0, 0.1) is 0 Å². The number of carbonyl (C=O) groups excluding carboxylic acids is 2. The molecule has 0 spiro atoms. The van der Waals surface area contributed by atoms with Crippen molar-refractivity contribution in [3.05, 3.63) is 24.3 Å². The lowest BCUT2D eigenvalue weighted by molar-refractivity contribution is -0.124. The number of rotatable bonds is 3. The maximum Gasteiger partial charge on any atom is 0.265 e. The molecular formula is C11H12N2O5S. The number of benzene rings is 1. The molecule has 0 bridgehead atoms. The van der Waals surface area contributed by atoms with Crippen LogP contribution in [0.5, 0.6) is 5.75 Å². The Balaban J connectivity index is 2.20. The minimum atomic E-state index is -3.64. The van der Waals surface area contributed by atoms with E-state index in [0.717, 1.165) is 6.26 Å². The number of carbonyl (C=O) groups is 2. The summed E-state index contributed by atoms with van der Waals surface area (Å²) in [6.45, 7) is -0.546. The molecule has 7 nitrogen and oxygen atoms in total. The zero-order valence-corrected chi connectivity index (χ0v) is 10.9. The molecule has 0 fully saturated rings. The fraction of sp³-hybridized carbons (Fsp3) is 0.273. The molecule has 0 saturated heterocycles. The number of ether oxygens (including phenoxy) is 1. The lowest BCUT2D eigenvalue weighted by Crippen LogP contribution is -2.46. The van der Waals surface area contributed by atoms with E-state index in [0.29, 0.717) is 11.4 Å². The molecule has 1 aliphatic rings. The number of hydrogen-bond donors (Lipinski definition) is 1. The fourth-order valence-electron chi connectivity index (χ4n) is 1.71. The molecule has 8 heteroatoms. The number of nitrogens with zero attached hydrogens (tertiary/aromatic N) is 1. The number of para-hydroxylation sites is 2. The zero-order valence-electron chi connectivity index (χ0n) is 10.1. The minimum Gasteiger partial charge on any atom is -0.482 e. The Morgan fingerprint density at radius 2 is 2.11 bits per heavy atom. The van der Waals surface area contributed by atoms with E-state index in [1.165, 1.54) is 4.90 Å². The lowest BCUT2D eigenvalue weighted by Gasteiger charge is -2.28. The van der Waals surface area contributed by atoms with Crippen molar-refractivity contribution in [2.24, 2.45) is 0 Å². The Bertz CT molecular complexity index is 626. The summed E-state index contributed by atoms with van der Waals surface area (Å²) in [6.07, 6.45) is 0.875. The molecule has 2 rings (SSSR count). The largest absolute Gasteiger partial charge is 0.482 e. The predicted molar refractivity (Wildman–Crippen MR) is 67.3 cm³/mol. The summed E-state index contributed by atoms with van der Waals surface area (Å²) in [5.41, 5.74) is 0.447. The molecule has 1 aliphatic heterocycles. The summed E-state index contributed by atoms with van der Waals surface area (Å²) in [4.78, 5) is 24.5. The Morgan fingerprint density at radius 1 is 1.42 bits per heavy atom. The highest BCUT2D eigenvalue weighted by Gasteiger charge is 2.27. The average molecular weight is 284 g/mol. The van der Waals surface area contributed by atoms with Crippen LogP contribution in [-0.4, -0.2) is 39.6 Å². The lowest BCUT2D eigenvalue weighted by atomic mass is 10.2. The van der Waals surface area contributed by atoms with Crippen molar-refractivity contribution in [1.82, 2.24) is 4.72 Å². The van der Waals surface area contributed by atoms with Gasteiger partial charge in [0, 0.05) is 0 Å². The summed E-state index contributed by atoms with van der Waals surface area (Å²) in [7, 11) is -3.64. The first kappa shape index (κ1) is 13.3. The number of anilines is 1. The number of hydrogen-bond acceptors (Lipinski definition) is 5. The van der Waals surface area contributed by atoms with Crippen molar-refractivity contribution in [2.45, 2.75) is 0 Å². The van der Waals surface area contributed by atoms with Crippen LogP contribution in [0.1, 0.15) is 0 Å². The molecule has 0 aliphatic carbocycles. The second kappa shape index (κ2) is 4.88. The number of amides is 2. The first-order valence-corrected chi connectivity index (χ1v) is 7.29. The Hall–Kier alpha value is -2.09. The number of fused-ring (bicyclic) bond motifs is 1. The Morgan fingerprint density at radius 3 is 2.79 bits per heavy atom. The molecule has 0 saturated carbocycles. The van der Waals surface area contributed by atoms with E-state index in [1.807, 2.05) is 4.72 Å². The van der Waals surface area contributed by atoms with Crippen LogP contribution in [0.25, 0.3) is 0 Å². The second-order valence-electron chi connectivity index (χ2n) is 4.03. The van der Waals surface area contributed by atoms with E-state index in [2.05, 4.69) is 0 Å². The quantitative estimate of drug-likeness (QED) is 0.807. The molecule has 2 amide bonds. The van der Waals surface area contributed by atoms with E-state index < -0.39 is 21.8 Å². The standard InChI is InChI=1S/C11H12N2O5S/c1-19(16,17)12-10(14)6-13-8-4-2-3-5-9(8)18-7-11(13)15/h2-5H,6-7H2,1H3,(H,12,14). The van der Waals surface area contributed by atoms with E-state index in [4.69, 9.17) is 4.74 Å². The zero-order chi connectivity index (χ0) is 14.0. The van der Waals surface area contributed by atoms with Crippen molar-refractivity contribution in [3.63, 3.8) is 0 Å². The van der Waals surface area contributed by atoms with Gasteiger partial charge in [-0.1, -0.05) is 12.1 Å². The van der Waals surface area contributed by atoms with Crippen LogP contribution in [0.4, 0.5) is 5.69 Å². The van der Waals surface area contributed by atoms with E-state index in [-0.39, 0.29) is 13.2 Å². The van der Waals surface area contributed by atoms with Crippen LogP contribution in [0.2, 0.25) is 0 Å². The summed E-state index contributed by atoms with van der Waals surface area (Å²) < 4.78 is 28.9. The Labute approximate surface area is 110 Å². The molecule has 0 unspecified atom stereocenters. The molecule has 1 N–H and O–H groups in total. The molecule has 102 valence electrons. The van der Waals surface area contributed by atoms with Gasteiger partial charge < -0.3 is 4.74 Å². The van der Waals surface area contributed by atoms with Gasteiger partial charge >= 0.3 is 0 Å². The molecule has 0 atom stereocenters. The van der Waals surface area contributed by atoms with Gasteiger partial charge in [0.05, 0.1) is 11.9 Å². The van der Waals surface area contributed by atoms with Gasteiger partial charge in [0.2, 0.25) is 10.0 Å². The van der Waals surface area contributed by atoms with Gasteiger partial charge in [0.25, 0.3) is 11.8 Å². The van der Waals surface area contributed by atoms with E-state index in [9.17, 15) is 18.0 Å². The van der Waals surface area contributed by atoms with Gasteiger partial charge in [-0.3, -0.25) is 19.2 Å². The monoisotopic (exact) mass is 284 g/mol. The molecule has 0 aromatic heterocycles. The number of sulfonamides is 1. The smallest absolute Gasteiger partial charge is 0.265 e. The van der Waals surface area contributed by atoms with Gasteiger partial charge in [-0.25, -0.2) is 8.42 Å². The molecule has 1 aromatic rings. The van der Waals surface area contributed by atoms with Gasteiger partial charge in [-0.2, -0.15) is 0 Å². The summed E-state index contributed by atoms with van der Waals surface area (Å²) >= 11 is 0. The van der Waals surface area contributed by atoms with Gasteiger partial charge in [0.15, 0.2) is 6.61 Å². The highest BCUT2D eigenvalue weighted by molar-refractivity contribution is 7.89. The van der Waals surface area contributed by atoms with Crippen molar-refractivity contribution < 1.29 is 22.7 Å². The third-order valence-corrected chi connectivity index (χ3v) is 3.01. The van der Waals surface area contributed by atoms with Crippen LogP contribution >= 0.6 is 0 Å². The summed E-state index contributed by atoms with van der Waals surface area (Å²) in [5, 5.41) is 0. The third-order valence-electron chi connectivity index (χ3n) is 2.41. The van der Waals surface area contributed by atoms with Gasteiger partial charge in [-0.05, 0) is 12.1 Å². The van der Waals surface area contributed by atoms with Crippen LogP contribution in [-0.2, 0) is 19.6 Å². The maximum absolute atomic E-state index is 11.7. The normalized spacial score (nSPS) is 14.6. The van der Waals surface area contributed by atoms with E-state index in [1.54, 1.807) is 24.3 Å². The molecule has 19 heavy (non-hydrogen) atoms. The topological polar surface area (TPSA) is 92.8 Å². The summed E-state index contributed by atoms with van der Waals surface area (Å²) in [6, 6.07) is 6.73. The molecule has 0 radical (unpaired) electrons. The van der Waals surface area contributed by atoms with Crippen LogP contribution in [0.3, 0.4) is 0 Å². The Kier molecular flexibility index (Phi) is 3.43. The highest BCUT2D eigenvalue weighted by Crippen LogP contribution is 2.31. The molecule has 1 heterocycles. The minimum absolute atomic E-state index is 0.177. The van der Waals surface area contributed by atoms with Crippen molar-refractivity contribution in [3.8, 4) is 5.75 Å². The third kappa shape index (κ3) is 3.22. The molecular weight excluding hydrogens is 272 g/mol. The van der Waals surface area contributed by atoms with Crippen LogP contribution < -0.4 is 14.4 Å². The first-order valence-electron chi connectivity index (χ1n) is 5.39. The maximum atomic E-state index is 11.7. The number of nitrogens with one attached hydrogen (secondary N) is 1. The summed E-state index contributed by atoms with van der Waals surface area (Å²) in [5.74, 6) is -0.691. The van der Waals surface area contributed by atoms with Crippen molar-refractivity contribution in [1.29, 1.82) is 0 Å². The van der Waals surface area contributed by atoms with Gasteiger partial charge in [0.1, 0.15) is 12.3 Å². The average Bonchev–Trinajstić information content (AvgIpc) is 2.31. The second-order valence-corrected chi connectivity index (χ2v) is 5.78. The fourth-order valence-corrected chi connectivity index (χ4v) is 2.19. The highest BCUT2D eigenvalue weighted by atomic mass is 32.2.